The molecule has 2 atom stereocenters. The van der Waals surface area contributed by atoms with Gasteiger partial charge in [0.2, 0.25) is 5.91 Å². The van der Waals surface area contributed by atoms with Crippen LogP contribution in [0.3, 0.4) is 0 Å². The number of nitrogens with zero attached hydrogens (tertiary/aromatic N) is 2. The number of halogens is 1. The largest absolute Gasteiger partial charge is 0.340 e. The van der Waals surface area contributed by atoms with E-state index in [0.29, 0.717) is 23.0 Å². The average Bonchev–Trinajstić information content (AvgIpc) is 2.84. The molecule has 1 N–H and O–H groups in total. The van der Waals surface area contributed by atoms with Crippen molar-refractivity contribution in [3.8, 4) is 23.3 Å². The van der Waals surface area contributed by atoms with Crippen LogP contribution in [0.2, 0.25) is 0 Å². The van der Waals surface area contributed by atoms with E-state index in [0.717, 1.165) is 25.5 Å². The Morgan fingerprint density at radius 3 is 2.35 bits per heavy atom. The highest BCUT2D eigenvalue weighted by Gasteiger charge is 2.39. The molecule has 0 heterocycles. The van der Waals surface area contributed by atoms with Crippen molar-refractivity contribution >= 4 is 15.7 Å². The first-order valence-electron chi connectivity index (χ1n) is 11.4. The van der Waals surface area contributed by atoms with E-state index in [2.05, 4.69) is 11.4 Å². The molecule has 8 heteroatoms. The number of carbonyl (C=O) groups excluding carboxylic acids is 1. The van der Waals surface area contributed by atoms with Crippen LogP contribution in [0.5, 0.6) is 0 Å². The summed E-state index contributed by atoms with van der Waals surface area (Å²) in [5.41, 5.74) is 1.23. The molecule has 176 valence electrons. The van der Waals surface area contributed by atoms with Crippen LogP contribution in [0.15, 0.2) is 41.3 Å². The minimum Gasteiger partial charge on any atom is -0.340 e. The topological polar surface area (TPSA) is 111 Å². The Morgan fingerprint density at radius 2 is 1.79 bits per heavy atom. The number of nitriles is 2. The van der Waals surface area contributed by atoms with Crippen LogP contribution in [-0.2, 0) is 21.1 Å². The Kier molecular flexibility index (Phi) is 6.72. The maximum absolute atomic E-state index is 14.9. The molecule has 3 aliphatic rings. The van der Waals surface area contributed by atoms with Gasteiger partial charge in [0.15, 0.2) is 9.84 Å². The highest BCUT2D eigenvalue weighted by atomic mass is 32.2. The van der Waals surface area contributed by atoms with Gasteiger partial charge in [-0.1, -0.05) is 31.0 Å². The van der Waals surface area contributed by atoms with Gasteiger partial charge in [-0.25, -0.2) is 12.8 Å². The summed E-state index contributed by atoms with van der Waals surface area (Å²) in [6.07, 6.45) is 6.41. The number of hydrogen-bond acceptors (Lipinski definition) is 5. The minimum absolute atomic E-state index is 0.0298. The van der Waals surface area contributed by atoms with Gasteiger partial charge < -0.3 is 5.32 Å². The summed E-state index contributed by atoms with van der Waals surface area (Å²) in [5, 5.41) is 21.6. The lowest BCUT2D eigenvalue weighted by Gasteiger charge is -2.41. The second-order valence-electron chi connectivity index (χ2n) is 9.42. The molecule has 2 bridgehead atoms. The van der Waals surface area contributed by atoms with Crippen LogP contribution in [0.25, 0.3) is 11.1 Å². The number of fused-ring (bicyclic) bond motifs is 3. The predicted molar refractivity (Wildman–Crippen MR) is 124 cm³/mol. The predicted octanol–water partition coefficient (Wildman–Crippen LogP) is 4.15. The van der Waals surface area contributed by atoms with E-state index in [1.54, 1.807) is 18.2 Å². The van der Waals surface area contributed by atoms with E-state index in [1.807, 2.05) is 6.07 Å². The molecule has 3 fully saturated rings. The molecule has 0 radical (unpaired) electrons. The molecule has 5 rings (SSSR count). The summed E-state index contributed by atoms with van der Waals surface area (Å²) < 4.78 is 39.0. The van der Waals surface area contributed by atoms with Gasteiger partial charge in [-0.15, -0.1) is 0 Å². The number of rotatable bonds is 6. The van der Waals surface area contributed by atoms with E-state index < -0.39 is 21.7 Å². The van der Waals surface area contributed by atoms with Crippen molar-refractivity contribution in [2.45, 2.75) is 49.5 Å². The lowest BCUT2D eigenvalue weighted by atomic mass is 9.64. The fraction of sp³-hybridized carbons (Fsp3) is 0.423. The first kappa shape index (κ1) is 23.9. The fourth-order valence-corrected chi connectivity index (χ4v) is 6.17. The normalized spacial score (nSPS) is 22.4. The van der Waals surface area contributed by atoms with Crippen molar-refractivity contribution in [3.05, 3.63) is 53.3 Å². The molecule has 0 aromatic heterocycles. The first-order chi connectivity index (χ1) is 16.2. The van der Waals surface area contributed by atoms with Crippen molar-refractivity contribution < 1.29 is 17.6 Å². The van der Waals surface area contributed by atoms with Gasteiger partial charge >= 0.3 is 0 Å². The molecule has 2 aromatic rings. The van der Waals surface area contributed by atoms with Crippen molar-refractivity contribution in [1.29, 1.82) is 10.5 Å². The highest BCUT2D eigenvalue weighted by molar-refractivity contribution is 7.90. The van der Waals surface area contributed by atoms with Gasteiger partial charge in [-0.3, -0.25) is 4.79 Å². The molecule has 3 saturated carbocycles. The standard InChI is InChI=1S/C26H26FN3O3S/c1-34(32,33)25-13-19(7-9-21(25)14-28)18-6-8-20(24(27)12-18)11-22(15-29)30-26(31)23-10-16-2-4-17(23)5-3-16/h6-9,12-13,16-17,22-23H,2-5,10-11H2,1H3,(H,30,31)/t16?,17?,22-,23-/m0/s1. The van der Waals surface area contributed by atoms with Gasteiger partial charge in [-0.05, 0) is 66.0 Å². The smallest absolute Gasteiger partial charge is 0.224 e. The molecule has 3 aliphatic carbocycles. The van der Waals surface area contributed by atoms with Crippen LogP contribution < -0.4 is 5.32 Å². The number of hydrogen-bond donors (Lipinski definition) is 1. The second-order valence-corrected chi connectivity index (χ2v) is 11.4. The Balaban J connectivity index is 1.49. The molecular formula is C26H26FN3O3S. The third-order valence-corrected chi connectivity index (χ3v) is 8.31. The van der Waals surface area contributed by atoms with E-state index in [-0.39, 0.29) is 34.3 Å². The van der Waals surface area contributed by atoms with E-state index in [1.165, 1.54) is 31.0 Å². The third-order valence-electron chi connectivity index (χ3n) is 7.17. The highest BCUT2D eigenvalue weighted by Crippen LogP contribution is 2.45. The van der Waals surface area contributed by atoms with Crippen LogP contribution in [0.4, 0.5) is 4.39 Å². The summed E-state index contributed by atoms with van der Waals surface area (Å²) in [5.74, 6) is 0.259. The molecule has 6 nitrogen and oxygen atoms in total. The maximum Gasteiger partial charge on any atom is 0.224 e. The number of benzene rings is 2. The number of nitrogens with one attached hydrogen (secondary N) is 1. The van der Waals surface area contributed by atoms with Crippen LogP contribution >= 0.6 is 0 Å². The first-order valence-corrected chi connectivity index (χ1v) is 13.3. The SMILES string of the molecule is CS(=O)(=O)c1cc(-c2ccc(C[C@@H](C#N)NC(=O)[C@H]3CC4CCC3CC4)c(F)c2)ccc1C#N. The zero-order valence-corrected chi connectivity index (χ0v) is 19.7. The number of sulfone groups is 1. The lowest BCUT2D eigenvalue weighted by molar-refractivity contribution is -0.130. The quantitative estimate of drug-likeness (QED) is 0.669. The summed E-state index contributed by atoms with van der Waals surface area (Å²) in [6.45, 7) is 0. The maximum atomic E-state index is 14.9. The Bertz CT molecular complexity index is 1300. The van der Waals surface area contributed by atoms with Crippen LogP contribution in [0, 0.1) is 46.2 Å². The van der Waals surface area contributed by atoms with Crippen molar-refractivity contribution in [2.24, 2.45) is 17.8 Å². The van der Waals surface area contributed by atoms with Gasteiger partial charge in [-0.2, -0.15) is 10.5 Å². The fourth-order valence-electron chi connectivity index (χ4n) is 5.32. The van der Waals surface area contributed by atoms with Crippen molar-refractivity contribution in [2.75, 3.05) is 6.26 Å². The van der Waals surface area contributed by atoms with Gasteiger partial charge in [0, 0.05) is 18.6 Å². The molecule has 34 heavy (non-hydrogen) atoms. The Labute approximate surface area is 199 Å². The molecule has 0 saturated heterocycles. The van der Waals surface area contributed by atoms with Gasteiger partial charge in [0.25, 0.3) is 0 Å². The minimum atomic E-state index is -3.63. The Hall–Kier alpha value is -3.23. The van der Waals surface area contributed by atoms with E-state index in [9.17, 15) is 28.1 Å². The van der Waals surface area contributed by atoms with Crippen LogP contribution in [-0.4, -0.2) is 26.6 Å². The molecule has 0 spiro atoms. The molecule has 0 aliphatic heterocycles. The van der Waals surface area contributed by atoms with E-state index in [4.69, 9.17) is 0 Å². The second kappa shape index (κ2) is 9.56. The number of carbonyl (C=O) groups is 1. The molecular weight excluding hydrogens is 453 g/mol. The summed E-state index contributed by atoms with van der Waals surface area (Å²) >= 11 is 0. The molecule has 1 amide bonds. The number of amides is 1. The Morgan fingerprint density at radius 1 is 1.12 bits per heavy atom. The van der Waals surface area contributed by atoms with E-state index >= 15 is 0 Å². The summed E-state index contributed by atoms with van der Waals surface area (Å²) in [7, 11) is -3.63. The third kappa shape index (κ3) is 4.98. The monoisotopic (exact) mass is 479 g/mol. The molecule has 0 unspecified atom stereocenters. The molecule has 2 aromatic carbocycles. The van der Waals surface area contributed by atoms with Crippen molar-refractivity contribution in [3.63, 3.8) is 0 Å². The zero-order valence-electron chi connectivity index (χ0n) is 18.9. The van der Waals surface area contributed by atoms with Crippen LogP contribution in [0.1, 0.15) is 43.2 Å². The zero-order chi connectivity index (χ0) is 24.5. The van der Waals surface area contributed by atoms with Gasteiger partial charge in [0.05, 0.1) is 16.5 Å². The average molecular weight is 480 g/mol. The lowest BCUT2D eigenvalue weighted by Crippen LogP contribution is -2.45. The van der Waals surface area contributed by atoms with Gasteiger partial charge in [0.1, 0.15) is 17.9 Å². The summed E-state index contributed by atoms with van der Waals surface area (Å²) in [6, 6.07) is 11.9. The van der Waals surface area contributed by atoms with Crippen molar-refractivity contribution in [1.82, 2.24) is 5.32 Å². The summed E-state index contributed by atoms with van der Waals surface area (Å²) in [4.78, 5) is 12.7.